The van der Waals surface area contributed by atoms with Gasteiger partial charge in [-0.05, 0) is 23.3 Å². The molecule has 0 amide bonds. The molecule has 0 saturated carbocycles. The number of hydrogen-bond acceptors (Lipinski definition) is 2. The van der Waals surface area contributed by atoms with Crippen LogP contribution in [0.3, 0.4) is 0 Å². The zero-order valence-corrected chi connectivity index (χ0v) is 10.9. The Morgan fingerprint density at radius 1 is 1.00 bits per heavy atom. The first-order valence-electron chi connectivity index (χ1n) is 6.32. The smallest absolute Gasteiger partial charge is 0.334 e. The second kappa shape index (κ2) is 4.89. The molecule has 3 nitrogen and oxygen atoms in total. The molecule has 0 unspecified atom stereocenters. The third kappa shape index (κ3) is 2.62. The van der Waals surface area contributed by atoms with E-state index in [9.17, 15) is 13.2 Å². The highest BCUT2D eigenvalue weighted by atomic mass is 19.4. The zero-order chi connectivity index (χ0) is 15.0. The lowest BCUT2D eigenvalue weighted by Gasteiger charge is -2.12. The fourth-order valence-electron chi connectivity index (χ4n) is 2.21. The van der Waals surface area contributed by atoms with Crippen LogP contribution in [0.2, 0.25) is 0 Å². The minimum atomic E-state index is -4.49. The van der Waals surface area contributed by atoms with E-state index in [-0.39, 0.29) is 5.52 Å². The third-order valence-corrected chi connectivity index (χ3v) is 3.29. The normalized spacial score (nSPS) is 13.5. The summed E-state index contributed by atoms with van der Waals surface area (Å²) in [5.74, 6) is -0.997. The molecule has 0 fully saturated rings. The first-order chi connectivity index (χ1) is 9.95. The molecular formula is C15H12F3N3. The van der Waals surface area contributed by atoms with Crippen LogP contribution in [0.15, 0.2) is 48.5 Å². The standard InChI is InChI=1S/C15H12F3N3/c16-15(17,18)14-20-11-7-6-10(8-12(11)21-14)13(19)9-4-2-1-3-5-9/h1-8,13H,19H2,(H,20,21)/t13-/m0/s1. The van der Waals surface area contributed by atoms with Gasteiger partial charge in [-0.25, -0.2) is 4.98 Å². The second-order valence-electron chi connectivity index (χ2n) is 4.75. The first kappa shape index (κ1) is 13.6. The molecule has 21 heavy (non-hydrogen) atoms. The number of alkyl halides is 3. The predicted octanol–water partition coefficient (Wildman–Crippen LogP) is 3.63. The number of fused-ring (bicyclic) bond motifs is 1. The van der Waals surface area contributed by atoms with Crippen molar-refractivity contribution in [3.63, 3.8) is 0 Å². The van der Waals surface area contributed by atoms with Crippen LogP contribution in [0.1, 0.15) is 23.0 Å². The fourth-order valence-corrected chi connectivity index (χ4v) is 2.21. The van der Waals surface area contributed by atoms with Gasteiger partial charge in [0.25, 0.3) is 0 Å². The summed E-state index contributed by atoms with van der Waals surface area (Å²) < 4.78 is 37.9. The Kier molecular flexibility index (Phi) is 3.17. The highest BCUT2D eigenvalue weighted by Crippen LogP contribution is 2.29. The maximum Gasteiger partial charge on any atom is 0.449 e. The van der Waals surface area contributed by atoms with Crippen LogP contribution in [0.25, 0.3) is 11.0 Å². The Labute approximate surface area is 118 Å². The Morgan fingerprint density at radius 3 is 2.38 bits per heavy atom. The number of aromatic nitrogens is 2. The summed E-state index contributed by atoms with van der Waals surface area (Å²) in [7, 11) is 0. The summed E-state index contributed by atoms with van der Waals surface area (Å²) in [6.45, 7) is 0. The SMILES string of the molecule is N[C@@H](c1ccccc1)c1ccc2nc(C(F)(F)F)[nH]c2c1. The molecule has 2 aromatic carbocycles. The minimum absolute atomic E-state index is 0.270. The molecule has 0 radical (unpaired) electrons. The number of benzene rings is 2. The average Bonchev–Trinajstić information content (AvgIpc) is 2.90. The van der Waals surface area contributed by atoms with Crippen LogP contribution in [-0.2, 0) is 6.18 Å². The van der Waals surface area contributed by atoms with Crippen LogP contribution >= 0.6 is 0 Å². The summed E-state index contributed by atoms with van der Waals surface area (Å²) in [5.41, 5.74) is 8.36. The quantitative estimate of drug-likeness (QED) is 0.757. The van der Waals surface area contributed by atoms with Gasteiger partial charge >= 0.3 is 6.18 Å². The van der Waals surface area contributed by atoms with Crippen LogP contribution in [-0.4, -0.2) is 9.97 Å². The summed E-state index contributed by atoms with van der Waals surface area (Å²) >= 11 is 0. The van der Waals surface area contributed by atoms with Gasteiger partial charge in [-0.1, -0.05) is 36.4 Å². The lowest BCUT2D eigenvalue weighted by molar-refractivity contribution is -0.144. The van der Waals surface area contributed by atoms with E-state index in [0.717, 1.165) is 11.1 Å². The Hall–Kier alpha value is -2.34. The summed E-state index contributed by atoms with van der Waals surface area (Å²) in [6.07, 6.45) is -4.49. The van der Waals surface area contributed by atoms with E-state index < -0.39 is 18.0 Å². The van der Waals surface area contributed by atoms with Gasteiger partial charge in [0.2, 0.25) is 5.82 Å². The Bertz CT molecular complexity index is 763. The Morgan fingerprint density at radius 2 is 1.71 bits per heavy atom. The molecule has 3 N–H and O–H groups in total. The van der Waals surface area contributed by atoms with E-state index in [1.807, 2.05) is 30.3 Å². The number of nitrogens with zero attached hydrogens (tertiary/aromatic N) is 1. The summed E-state index contributed by atoms with van der Waals surface area (Å²) in [6, 6.07) is 13.8. The van der Waals surface area contributed by atoms with E-state index in [4.69, 9.17) is 5.73 Å². The van der Waals surface area contributed by atoms with Crippen molar-refractivity contribution in [3.8, 4) is 0 Å². The number of hydrogen-bond donors (Lipinski definition) is 2. The van der Waals surface area contributed by atoms with Crippen molar-refractivity contribution in [1.29, 1.82) is 0 Å². The van der Waals surface area contributed by atoms with Gasteiger partial charge in [-0.15, -0.1) is 0 Å². The van der Waals surface area contributed by atoms with Crippen molar-refractivity contribution in [1.82, 2.24) is 9.97 Å². The minimum Gasteiger partial charge on any atom is -0.334 e. The molecule has 1 atom stereocenters. The predicted molar refractivity (Wildman–Crippen MR) is 73.6 cm³/mol. The largest absolute Gasteiger partial charge is 0.449 e. The van der Waals surface area contributed by atoms with E-state index in [1.165, 1.54) is 0 Å². The third-order valence-electron chi connectivity index (χ3n) is 3.29. The van der Waals surface area contributed by atoms with E-state index >= 15 is 0 Å². The Balaban J connectivity index is 2.01. The van der Waals surface area contributed by atoms with Crippen molar-refractivity contribution in [2.75, 3.05) is 0 Å². The van der Waals surface area contributed by atoms with Gasteiger partial charge in [0.05, 0.1) is 17.1 Å². The number of imidazole rings is 1. The molecule has 0 aliphatic heterocycles. The molecule has 0 spiro atoms. The molecule has 1 heterocycles. The van der Waals surface area contributed by atoms with Crippen LogP contribution in [0, 0.1) is 0 Å². The summed E-state index contributed by atoms with van der Waals surface area (Å²) in [4.78, 5) is 5.83. The zero-order valence-electron chi connectivity index (χ0n) is 10.9. The molecule has 3 rings (SSSR count). The van der Waals surface area contributed by atoms with Gasteiger partial charge in [0.15, 0.2) is 0 Å². The van der Waals surface area contributed by atoms with Gasteiger partial charge < -0.3 is 10.7 Å². The summed E-state index contributed by atoms with van der Waals surface area (Å²) in [5, 5.41) is 0. The lowest BCUT2D eigenvalue weighted by Crippen LogP contribution is -2.11. The topological polar surface area (TPSA) is 54.7 Å². The molecule has 0 saturated heterocycles. The van der Waals surface area contributed by atoms with Crippen molar-refractivity contribution in [2.24, 2.45) is 5.73 Å². The number of aromatic amines is 1. The molecule has 108 valence electrons. The molecular weight excluding hydrogens is 279 g/mol. The molecule has 1 aromatic heterocycles. The second-order valence-corrected chi connectivity index (χ2v) is 4.75. The van der Waals surface area contributed by atoms with Crippen molar-refractivity contribution >= 4 is 11.0 Å². The first-order valence-corrected chi connectivity index (χ1v) is 6.32. The van der Waals surface area contributed by atoms with E-state index in [0.29, 0.717) is 5.52 Å². The number of H-pyrrole nitrogens is 1. The lowest BCUT2D eigenvalue weighted by atomic mass is 9.99. The van der Waals surface area contributed by atoms with Crippen molar-refractivity contribution < 1.29 is 13.2 Å². The van der Waals surface area contributed by atoms with Crippen LogP contribution < -0.4 is 5.73 Å². The van der Waals surface area contributed by atoms with Gasteiger partial charge in [-0.3, -0.25) is 0 Å². The van der Waals surface area contributed by atoms with Crippen molar-refractivity contribution in [2.45, 2.75) is 12.2 Å². The highest BCUT2D eigenvalue weighted by Gasteiger charge is 2.34. The average molecular weight is 291 g/mol. The number of nitrogens with one attached hydrogen (secondary N) is 1. The maximum absolute atomic E-state index is 12.6. The van der Waals surface area contributed by atoms with E-state index in [2.05, 4.69) is 9.97 Å². The molecule has 0 bridgehead atoms. The number of rotatable bonds is 2. The van der Waals surface area contributed by atoms with Crippen LogP contribution in [0.5, 0.6) is 0 Å². The van der Waals surface area contributed by atoms with Crippen LogP contribution in [0.4, 0.5) is 13.2 Å². The molecule has 6 heteroatoms. The fraction of sp³-hybridized carbons (Fsp3) is 0.133. The van der Waals surface area contributed by atoms with Crippen molar-refractivity contribution in [3.05, 3.63) is 65.5 Å². The molecule has 3 aromatic rings. The molecule has 0 aliphatic rings. The number of nitrogens with two attached hydrogens (primary N) is 1. The van der Waals surface area contributed by atoms with Gasteiger partial charge in [0.1, 0.15) is 0 Å². The highest BCUT2D eigenvalue weighted by molar-refractivity contribution is 5.76. The monoisotopic (exact) mass is 291 g/mol. The van der Waals surface area contributed by atoms with Gasteiger partial charge in [0, 0.05) is 0 Å². The molecule has 0 aliphatic carbocycles. The maximum atomic E-state index is 12.6. The van der Waals surface area contributed by atoms with E-state index in [1.54, 1.807) is 18.2 Å². The number of halogens is 3. The van der Waals surface area contributed by atoms with Gasteiger partial charge in [-0.2, -0.15) is 13.2 Å².